The van der Waals surface area contributed by atoms with Crippen molar-refractivity contribution < 1.29 is 9.53 Å². The van der Waals surface area contributed by atoms with Crippen LogP contribution in [0.1, 0.15) is 26.2 Å². The van der Waals surface area contributed by atoms with E-state index in [1.165, 1.54) is 7.11 Å². The zero-order valence-electron chi connectivity index (χ0n) is 9.45. The average Bonchev–Trinajstić information content (AvgIpc) is 2.97. The second kappa shape index (κ2) is 5.13. The smallest absolute Gasteiger partial charge is 0.319 e. The van der Waals surface area contributed by atoms with Gasteiger partial charge >= 0.3 is 5.97 Å². The predicted molar refractivity (Wildman–Crippen MR) is 56.0 cm³/mol. The minimum absolute atomic E-state index is 0.165. The van der Waals surface area contributed by atoms with Crippen LogP contribution < -0.4 is 0 Å². The number of nitriles is 1. The van der Waals surface area contributed by atoms with Crippen LogP contribution in [0.15, 0.2) is 0 Å². The van der Waals surface area contributed by atoms with E-state index in [9.17, 15) is 4.79 Å². The molecule has 1 saturated carbocycles. The lowest BCUT2D eigenvalue weighted by molar-refractivity contribution is -0.142. The third-order valence-corrected chi connectivity index (χ3v) is 3.00. The summed E-state index contributed by atoms with van der Waals surface area (Å²) in [6.07, 6.45) is 2.82. The van der Waals surface area contributed by atoms with Crippen molar-refractivity contribution in [1.29, 1.82) is 5.26 Å². The number of nitrogens with zero attached hydrogens (tertiary/aromatic N) is 2. The first kappa shape index (κ1) is 12.0. The first-order valence-electron chi connectivity index (χ1n) is 5.32. The van der Waals surface area contributed by atoms with Gasteiger partial charge in [-0.25, -0.2) is 0 Å². The first-order valence-corrected chi connectivity index (χ1v) is 5.32. The highest BCUT2D eigenvalue weighted by molar-refractivity contribution is 5.71. The molecular formula is C11H18N2O2. The van der Waals surface area contributed by atoms with Crippen LogP contribution in [0.3, 0.4) is 0 Å². The van der Waals surface area contributed by atoms with Gasteiger partial charge in [0.15, 0.2) is 0 Å². The molecule has 15 heavy (non-hydrogen) atoms. The van der Waals surface area contributed by atoms with E-state index in [4.69, 9.17) is 5.26 Å². The fourth-order valence-corrected chi connectivity index (χ4v) is 1.74. The highest BCUT2D eigenvalue weighted by Crippen LogP contribution is 2.49. The fraction of sp³-hybridized carbons (Fsp3) is 0.818. The van der Waals surface area contributed by atoms with Crippen LogP contribution in [0.2, 0.25) is 0 Å². The quantitative estimate of drug-likeness (QED) is 0.618. The molecule has 0 N–H and O–H groups in total. The Morgan fingerprint density at radius 1 is 1.60 bits per heavy atom. The molecule has 0 unspecified atom stereocenters. The monoisotopic (exact) mass is 210 g/mol. The van der Waals surface area contributed by atoms with Crippen molar-refractivity contribution >= 4 is 5.97 Å². The molecule has 0 aromatic rings. The van der Waals surface area contributed by atoms with Gasteiger partial charge in [0, 0.05) is 13.0 Å². The van der Waals surface area contributed by atoms with E-state index in [1.54, 1.807) is 0 Å². The van der Waals surface area contributed by atoms with Crippen LogP contribution in [0.4, 0.5) is 0 Å². The van der Waals surface area contributed by atoms with Crippen molar-refractivity contribution in [2.45, 2.75) is 26.2 Å². The normalized spacial score (nSPS) is 17.2. The lowest BCUT2D eigenvalue weighted by Gasteiger charge is -2.23. The van der Waals surface area contributed by atoms with Gasteiger partial charge < -0.3 is 4.74 Å². The van der Waals surface area contributed by atoms with E-state index in [0.29, 0.717) is 13.0 Å². The number of carbonyl (C=O) groups excluding carboxylic acids is 1. The summed E-state index contributed by atoms with van der Waals surface area (Å²) < 4.78 is 4.63. The molecule has 1 aliphatic carbocycles. The molecule has 0 spiro atoms. The van der Waals surface area contributed by atoms with Crippen LogP contribution in [-0.4, -0.2) is 37.6 Å². The molecule has 0 radical (unpaired) electrons. The molecule has 0 aromatic heterocycles. The third kappa shape index (κ3) is 3.52. The molecule has 0 saturated heterocycles. The van der Waals surface area contributed by atoms with Crippen molar-refractivity contribution in [3.8, 4) is 6.07 Å². The van der Waals surface area contributed by atoms with Gasteiger partial charge in [0.2, 0.25) is 0 Å². The Morgan fingerprint density at radius 2 is 2.27 bits per heavy atom. The maximum absolute atomic E-state index is 11.1. The van der Waals surface area contributed by atoms with Gasteiger partial charge in [0.05, 0.1) is 19.7 Å². The molecular weight excluding hydrogens is 192 g/mol. The Bertz CT molecular complexity index is 266. The molecule has 84 valence electrons. The summed E-state index contributed by atoms with van der Waals surface area (Å²) >= 11 is 0. The summed E-state index contributed by atoms with van der Waals surface area (Å²) in [6.45, 7) is 4.01. The molecule has 4 nitrogen and oxygen atoms in total. The van der Waals surface area contributed by atoms with Crippen molar-refractivity contribution in [2.75, 3.05) is 26.7 Å². The van der Waals surface area contributed by atoms with Gasteiger partial charge in [-0.1, -0.05) is 6.92 Å². The van der Waals surface area contributed by atoms with Crippen molar-refractivity contribution in [3.63, 3.8) is 0 Å². The number of methoxy groups -OCH3 is 1. The number of carbonyl (C=O) groups is 1. The number of ether oxygens (including phenoxy) is 1. The van der Waals surface area contributed by atoms with Crippen molar-refractivity contribution in [2.24, 2.45) is 5.41 Å². The topological polar surface area (TPSA) is 53.3 Å². The molecule has 0 aliphatic heterocycles. The Labute approximate surface area is 90.8 Å². The Hall–Kier alpha value is -1.08. The highest BCUT2D eigenvalue weighted by Gasteiger charge is 2.43. The Morgan fingerprint density at radius 3 is 2.67 bits per heavy atom. The first-order chi connectivity index (χ1) is 7.15. The molecule has 0 aromatic carbocycles. The van der Waals surface area contributed by atoms with E-state index in [1.807, 2.05) is 6.92 Å². The van der Waals surface area contributed by atoms with E-state index in [2.05, 4.69) is 15.7 Å². The number of rotatable bonds is 6. The second-order valence-corrected chi connectivity index (χ2v) is 4.21. The average molecular weight is 210 g/mol. The zero-order chi connectivity index (χ0) is 11.3. The third-order valence-electron chi connectivity index (χ3n) is 3.00. The van der Waals surface area contributed by atoms with Gasteiger partial charge in [-0.05, 0) is 24.8 Å². The molecule has 0 heterocycles. The Kier molecular flexibility index (Phi) is 4.10. The second-order valence-electron chi connectivity index (χ2n) is 4.21. The molecule has 1 aliphatic rings. The number of hydrogen-bond acceptors (Lipinski definition) is 4. The predicted octanol–water partition coefficient (Wildman–Crippen LogP) is 1.18. The fourth-order valence-electron chi connectivity index (χ4n) is 1.74. The standard InChI is InChI=1S/C11H18N2O2/c1-3-13(8-10(14)15-2)9-11(4-5-11)6-7-12/h3-6,8-9H2,1-2H3. The number of likely N-dealkylation sites (N-methyl/N-ethyl adjacent to an activating group) is 1. The highest BCUT2D eigenvalue weighted by atomic mass is 16.5. The van der Waals surface area contributed by atoms with Gasteiger partial charge in [-0.15, -0.1) is 0 Å². The van der Waals surface area contributed by atoms with Gasteiger partial charge in [-0.3, -0.25) is 9.69 Å². The van der Waals surface area contributed by atoms with E-state index in [-0.39, 0.29) is 11.4 Å². The zero-order valence-corrected chi connectivity index (χ0v) is 9.45. The van der Waals surface area contributed by atoms with E-state index < -0.39 is 0 Å². The summed E-state index contributed by atoms with van der Waals surface area (Å²) in [6, 6.07) is 2.22. The summed E-state index contributed by atoms with van der Waals surface area (Å²) in [4.78, 5) is 13.2. The van der Waals surface area contributed by atoms with E-state index in [0.717, 1.165) is 25.9 Å². The number of esters is 1. The van der Waals surface area contributed by atoms with Gasteiger partial charge in [0.25, 0.3) is 0 Å². The maximum Gasteiger partial charge on any atom is 0.319 e. The Balaban J connectivity index is 2.40. The van der Waals surface area contributed by atoms with Gasteiger partial charge in [0.1, 0.15) is 0 Å². The maximum atomic E-state index is 11.1. The molecule has 0 amide bonds. The minimum Gasteiger partial charge on any atom is -0.468 e. The van der Waals surface area contributed by atoms with Crippen molar-refractivity contribution in [1.82, 2.24) is 4.90 Å². The van der Waals surface area contributed by atoms with Crippen LogP contribution >= 0.6 is 0 Å². The molecule has 4 heteroatoms. The molecule has 1 fully saturated rings. The van der Waals surface area contributed by atoms with Crippen molar-refractivity contribution in [3.05, 3.63) is 0 Å². The van der Waals surface area contributed by atoms with Crippen LogP contribution in [0.5, 0.6) is 0 Å². The van der Waals surface area contributed by atoms with Crippen LogP contribution in [0, 0.1) is 16.7 Å². The molecule has 1 rings (SSSR count). The summed E-state index contributed by atoms with van der Waals surface area (Å²) in [5.41, 5.74) is 0.165. The SMILES string of the molecule is CCN(CC(=O)OC)CC1(CC#N)CC1. The number of hydrogen-bond donors (Lipinski definition) is 0. The summed E-state index contributed by atoms with van der Waals surface area (Å²) in [5, 5.41) is 8.70. The minimum atomic E-state index is -0.204. The largest absolute Gasteiger partial charge is 0.468 e. The summed E-state index contributed by atoms with van der Waals surface area (Å²) in [5.74, 6) is -0.204. The van der Waals surface area contributed by atoms with Gasteiger partial charge in [-0.2, -0.15) is 5.26 Å². The van der Waals surface area contributed by atoms with E-state index >= 15 is 0 Å². The van der Waals surface area contributed by atoms with Crippen LogP contribution in [0.25, 0.3) is 0 Å². The molecule has 0 atom stereocenters. The molecule has 0 bridgehead atoms. The van der Waals surface area contributed by atoms with Crippen LogP contribution in [-0.2, 0) is 9.53 Å². The summed E-state index contributed by atoms with van der Waals surface area (Å²) in [7, 11) is 1.40. The lowest BCUT2D eigenvalue weighted by atomic mass is 10.0. The lowest BCUT2D eigenvalue weighted by Crippen LogP contribution is -2.35.